The van der Waals surface area contributed by atoms with Gasteiger partial charge in [0.05, 0.1) is 6.26 Å². The summed E-state index contributed by atoms with van der Waals surface area (Å²) in [6.07, 6.45) is 1.50. The molecule has 2 heteroatoms. The average molecular weight is 186 g/mol. The van der Waals surface area contributed by atoms with Crippen LogP contribution < -0.4 is 0 Å². The molecule has 0 spiro atoms. The van der Waals surface area contributed by atoms with Crippen LogP contribution in [-0.4, -0.2) is 5.78 Å². The highest BCUT2D eigenvalue weighted by Crippen LogP contribution is 2.10. The van der Waals surface area contributed by atoms with Crippen LogP contribution in [0.5, 0.6) is 0 Å². The topological polar surface area (TPSA) is 30.2 Å². The van der Waals surface area contributed by atoms with Gasteiger partial charge in [0.2, 0.25) is 5.78 Å². The lowest BCUT2D eigenvalue weighted by molar-refractivity contribution is 0.101. The van der Waals surface area contributed by atoms with Crippen molar-refractivity contribution >= 4 is 5.78 Å². The number of carbonyl (C=O) groups is 1. The minimum absolute atomic E-state index is 0.0741. The first-order chi connectivity index (χ1) is 6.77. The Bertz CT molecular complexity index is 424. The van der Waals surface area contributed by atoms with E-state index in [0.717, 1.165) is 5.56 Å². The molecule has 0 atom stereocenters. The van der Waals surface area contributed by atoms with Crippen LogP contribution in [0.2, 0.25) is 0 Å². The largest absolute Gasteiger partial charge is 0.461 e. The first-order valence-corrected chi connectivity index (χ1v) is 4.42. The molecule has 0 aliphatic heterocycles. The molecule has 0 aliphatic carbocycles. The predicted octanol–water partition coefficient (Wildman–Crippen LogP) is 2.82. The smallest absolute Gasteiger partial charge is 0.228 e. The highest BCUT2D eigenvalue weighted by atomic mass is 16.3. The maximum atomic E-state index is 11.7. The van der Waals surface area contributed by atoms with Crippen LogP contribution in [0.25, 0.3) is 0 Å². The zero-order valence-electron chi connectivity index (χ0n) is 7.86. The molecule has 2 aromatic rings. The highest BCUT2D eigenvalue weighted by molar-refractivity contribution is 6.07. The summed E-state index contributed by atoms with van der Waals surface area (Å²) in [6.45, 7) is 1.99. The van der Waals surface area contributed by atoms with E-state index in [-0.39, 0.29) is 5.78 Å². The van der Waals surface area contributed by atoms with Gasteiger partial charge in [-0.15, -0.1) is 0 Å². The minimum atomic E-state index is -0.0741. The van der Waals surface area contributed by atoms with Gasteiger partial charge in [-0.25, -0.2) is 0 Å². The van der Waals surface area contributed by atoms with Crippen LogP contribution in [0.3, 0.4) is 0 Å². The molecule has 70 valence electrons. The zero-order chi connectivity index (χ0) is 9.97. The molecule has 0 bridgehead atoms. The van der Waals surface area contributed by atoms with Gasteiger partial charge in [-0.05, 0) is 19.1 Å². The Morgan fingerprint density at radius 2 is 1.86 bits per heavy atom. The number of hydrogen-bond acceptors (Lipinski definition) is 2. The van der Waals surface area contributed by atoms with Crippen LogP contribution in [0.1, 0.15) is 21.7 Å². The second-order valence-corrected chi connectivity index (χ2v) is 3.17. The summed E-state index contributed by atoms with van der Waals surface area (Å²) in [6, 6.07) is 10.8. The quantitative estimate of drug-likeness (QED) is 0.675. The van der Waals surface area contributed by atoms with Gasteiger partial charge in [-0.2, -0.15) is 0 Å². The fourth-order valence-corrected chi connectivity index (χ4v) is 1.25. The van der Waals surface area contributed by atoms with Gasteiger partial charge in [0.15, 0.2) is 5.76 Å². The molecular weight excluding hydrogens is 176 g/mol. The van der Waals surface area contributed by atoms with Crippen molar-refractivity contribution in [3.05, 3.63) is 59.5 Å². The molecule has 0 saturated carbocycles. The monoisotopic (exact) mass is 186 g/mol. The lowest BCUT2D eigenvalue weighted by Gasteiger charge is -1.97. The molecule has 0 saturated heterocycles. The van der Waals surface area contributed by atoms with Gasteiger partial charge in [-0.3, -0.25) is 4.79 Å². The fourth-order valence-electron chi connectivity index (χ4n) is 1.25. The van der Waals surface area contributed by atoms with Gasteiger partial charge < -0.3 is 4.42 Å². The molecule has 2 rings (SSSR count). The van der Waals surface area contributed by atoms with Crippen LogP contribution in [0.4, 0.5) is 0 Å². The Labute approximate surface area is 82.2 Å². The van der Waals surface area contributed by atoms with Gasteiger partial charge in [-0.1, -0.05) is 29.8 Å². The van der Waals surface area contributed by atoms with E-state index in [1.807, 2.05) is 19.1 Å². The summed E-state index contributed by atoms with van der Waals surface area (Å²) in [5.74, 6) is 0.309. The van der Waals surface area contributed by atoms with Crippen LogP contribution in [-0.2, 0) is 0 Å². The van der Waals surface area contributed by atoms with E-state index in [9.17, 15) is 4.79 Å². The summed E-state index contributed by atoms with van der Waals surface area (Å²) in [7, 11) is 0. The van der Waals surface area contributed by atoms with Gasteiger partial charge in [0, 0.05) is 5.56 Å². The van der Waals surface area contributed by atoms with Crippen LogP contribution in [0.15, 0.2) is 47.1 Å². The van der Waals surface area contributed by atoms with Crippen molar-refractivity contribution in [1.29, 1.82) is 0 Å². The van der Waals surface area contributed by atoms with E-state index >= 15 is 0 Å². The van der Waals surface area contributed by atoms with E-state index in [1.54, 1.807) is 24.3 Å². The second-order valence-electron chi connectivity index (χ2n) is 3.17. The Kier molecular flexibility index (Phi) is 2.19. The predicted molar refractivity (Wildman–Crippen MR) is 53.3 cm³/mol. The third-order valence-electron chi connectivity index (χ3n) is 2.06. The minimum Gasteiger partial charge on any atom is -0.461 e. The highest BCUT2D eigenvalue weighted by Gasteiger charge is 2.10. The number of rotatable bonds is 2. The maximum absolute atomic E-state index is 11.7. The third kappa shape index (κ3) is 1.59. The summed E-state index contributed by atoms with van der Waals surface area (Å²) >= 11 is 0. The Morgan fingerprint density at radius 3 is 2.43 bits per heavy atom. The molecule has 0 radical (unpaired) electrons. The van der Waals surface area contributed by atoms with Crippen LogP contribution in [0, 0.1) is 6.92 Å². The van der Waals surface area contributed by atoms with Crippen molar-refractivity contribution in [2.24, 2.45) is 0 Å². The molecule has 2 nitrogen and oxygen atoms in total. The normalized spacial score (nSPS) is 10.1. The number of aryl methyl sites for hydroxylation is 1. The molecule has 0 amide bonds. The van der Waals surface area contributed by atoms with E-state index < -0.39 is 0 Å². The number of hydrogen-bond donors (Lipinski definition) is 0. The first kappa shape index (κ1) is 8.75. The summed E-state index contributed by atoms with van der Waals surface area (Å²) < 4.78 is 5.03. The molecule has 0 unspecified atom stereocenters. The Hall–Kier alpha value is -1.83. The summed E-state index contributed by atoms with van der Waals surface area (Å²) in [5.41, 5.74) is 1.80. The second kappa shape index (κ2) is 3.50. The Balaban J connectivity index is 2.33. The molecule has 1 heterocycles. The van der Waals surface area contributed by atoms with Crippen molar-refractivity contribution in [3.63, 3.8) is 0 Å². The standard InChI is InChI=1S/C12H10O2/c1-9-4-6-10(7-5-9)12(13)11-3-2-8-14-11/h2-8H,1H3. The SMILES string of the molecule is Cc1ccc(C(=O)c2ccco2)cc1. The molecule has 1 aromatic carbocycles. The molecule has 14 heavy (non-hydrogen) atoms. The van der Waals surface area contributed by atoms with Crippen molar-refractivity contribution < 1.29 is 9.21 Å². The lowest BCUT2D eigenvalue weighted by Crippen LogP contribution is -1.98. The lowest BCUT2D eigenvalue weighted by atomic mass is 10.1. The first-order valence-electron chi connectivity index (χ1n) is 4.42. The Morgan fingerprint density at radius 1 is 1.14 bits per heavy atom. The third-order valence-corrected chi connectivity index (χ3v) is 2.06. The van der Waals surface area contributed by atoms with Crippen molar-refractivity contribution in [2.75, 3.05) is 0 Å². The van der Waals surface area contributed by atoms with E-state index in [4.69, 9.17) is 4.42 Å². The van der Waals surface area contributed by atoms with Crippen molar-refractivity contribution in [1.82, 2.24) is 0 Å². The molecule has 1 aromatic heterocycles. The molecule has 0 fully saturated rings. The number of benzene rings is 1. The summed E-state index contributed by atoms with van der Waals surface area (Å²) in [5, 5.41) is 0. The summed E-state index contributed by atoms with van der Waals surface area (Å²) in [4.78, 5) is 11.7. The van der Waals surface area contributed by atoms with E-state index in [1.165, 1.54) is 6.26 Å². The number of carbonyl (C=O) groups excluding carboxylic acids is 1. The number of furan rings is 1. The van der Waals surface area contributed by atoms with E-state index in [0.29, 0.717) is 11.3 Å². The van der Waals surface area contributed by atoms with Gasteiger partial charge >= 0.3 is 0 Å². The van der Waals surface area contributed by atoms with Gasteiger partial charge in [0.1, 0.15) is 0 Å². The maximum Gasteiger partial charge on any atom is 0.228 e. The van der Waals surface area contributed by atoms with Crippen LogP contribution >= 0.6 is 0 Å². The average Bonchev–Trinajstić information content (AvgIpc) is 2.71. The van der Waals surface area contributed by atoms with E-state index in [2.05, 4.69) is 0 Å². The molecule has 0 N–H and O–H groups in total. The number of ketones is 1. The van der Waals surface area contributed by atoms with Gasteiger partial charge in [0.25, 0.3) is 0 Å². The molecular formula is C12H10O2. The van der Waals surface area contributed by atoms with Crippen molar-refractivity contribution in [2.45, 2.75) is 6.92 Å². The fraction of sp³-hybridized carbons (Fsp3) is 0.0833. The zero-order valence-corrected chi connectivity index (χ0v) is 7.86. The van der Waals surface area contributed by atoms with Crippen molar-refractivity contribution in [3.8, 4) is 0 Å². The molecule has 0 aliphatic rings.